The van der Waals surface area contributed by atoms with E-state index in [0.29, 0.717) is 4.88 Å². The van der Waals surface area contributed by atoms with Crippen LogP contribution < -0.4 is 0 Å². The molecule has 0 aliphatic heterocycles. The second kappa shape index (κ2) is 3.21. The fraction of sp³-hybridized carbons (Fsp3) is 0.200. The lowest BCUT2D eigenvalue weighted by molar-refractivity contribution is 0.246. The smallest absolute Gasteiger partial charge is 0.344 e. The third kappa shape index (κ3) is 1.61. The SMILES string of the molecule is O=[P+](O)C(O)c1cccs1. The Hall–Kier alpha value is -0.280. The molecule has 0 aromatic carbocycles. The molecule has 1 rings (SSSR count). The van der Waals surface area contributed by atoms with Gasteiger partial charge < -0.3 is 5.11 Å². The number of aliphatic hydroxyl groups excluding tert-OH is 1. The zero-order valence-electron chi connectivity index (χ0n) is 4.97. The molecule has 0 amide bonds. The van der Waals surface area contributed by atoms with Crippen LogP contribution >= 0.6 is 19.4 Å². The summed E-state index contributed by atoms with van der Waals surface area (Å²) in [5, 5.41) is 10.7. The number of rotatable bonds is 2. The Morgan fingerprint density at radius 1 is 1.70 bits per heavy atom. The van der Waals surface area contributed by atoms with E-state index < -0.39 is 13.9 Å². The van der Waals surface area contributed by atoms with Gasteiger partial charge in [-0.05, 0) is 16.0 Å². The second-order valence-corrected chi connectivity index (χ2v) is 3.77. The topological polar surface area (TPSA) is 57.5 Å². The average Bonchev–Trinajstić information content (AvgIpc) is 2.36. The van der Waals surface area contributed by atoms with Gasteiger partial charge in [-0.1, -0.05) is 6.07 Å². The van der Waals surface area contributed by atoms with Gasteiger partial charge in [0.25, 0.3) is 0 Å². The van der Waals surface area contributed by atoms with Crippen molar-refractivity contribution in [2.45, 2.75) is 5.85 Å². The van der Waals surface area contributed by atoms with Crippen LogP contribution in [-0.4, -0.2) is 10.00 Å². The Balaban J connectivity index is 2.77. The van der Waals surface area contributed by atoms with Crippen LogP contribution in [0, 0.1) is 0 Å². The van der Waals surface area contributed by atoms with Gasteiger partial charge in [-0.3, -0.25) is 0 Å². The van der Waals surface area contributed by atoms with Gasteiger partial charge in [-0.15, -0.1) is 11.3 Å². The predicted octanol–water partition coefficient (Wildman–Crippen LogP) is 1.47. The van der Waals surface area contributed by atoms with Gasteiger partial charge in [0.15, 0.2) is 0 Å². The summed E-state index contributed by atoms with van der Waals surface area (Å²) in [6.45, 7) is 0. The van der Waals surface area contributed by atoms with E-state index in [0.717, 1.165) is 0 Å². The molecule has 54 valence electrons. The van der Waals surface area contributed by atoms with E-state index in [1.807, 2.05) is 0 Å². The summed E-state index contributed by atoms with van der Waals surface area (Å²) < 4.78 is 10.3. The van der Waals surface area contributed by atoms with Gasteiger partial charge in [0.2, 0.25) is 0 Å². The van der Waals surface area contributed by atoms with Crippen molar-refractivity contribution in [3.8, 4) is 0 Å². The summed E-state index contributed by atoms with van der Waals surface area (Å²) in [4.78, 5) is 8.99. The molecular weight excluding hydrogens is 171 g/mol. The maximum atomic E-state index is 10.3. The van der Waals surface area contributed by atoms with Crippen LogP contribution in [0.4, 0.5) is 0 Å². The standard InChI is InChI=1S/C5H5O3PS/c6-5(9(7)8)4-2-1-3-10-4/h1-3,5-6H/p+1. The first-order chi connectivity index (χ1) is 4.72. The van der Waals surface area contributed by atoms with Crippen molar-refractivity contribution < 1.29 is 14.6 Å². The van der Waals surface area contributed by atoms with E-state index in [1.165, 1.54) is 11.3 Å². The highest BCUT2D eigenvalue weighted by Crippen LogP contribution is 2.36. The van der Waals surface area contributed by atoms with Crippen molar-refractivity contribution in [1.29, 1.82) is 0 Å². The summed E-state index contributed by atoms with van der Waals surface area (Å²) in [7, 11) is -2.50. The van der Waals surface area contributed by atoms with Crippen LogP contribution in [0.15, 0.2) is 17.5 Å². The number of aliphatic hydroxyl groups is 1. The molecule has 0 bridgehead atoms. The van der Waals surface area contributed by atoms with E-state index >= 15 is 0 Å². The summed E-state index contributed by atoms with van der Waals surface area (Å²) in [5.41, 5.74) is 0. The summed E-state index contributed by atoms with van der Waals surface area (Å²) in [6, 6.07) is 3.35. The predicted molar refractivity (Wildman–Crippen MR) is 39.1 cm³/mol. The van der Waals surface area contributed by atoms with Crippen molar-refractivity contribution in [3.05, 3.63) is 22.4 Å². The normalized spacial score (nSPS) is 14.8. The zero-order valence-corrected chi connectivity index (χ0v) is 6.68. The zero-order chi connectivity index (χ0) is 7.56. The Labute approximate surface area is 62.8 Å². The van der Waals surface area contributed by atoms with Gasteiger partial charge in [0, 0.05) is 0 Å². The third-order valence-electron chi connectivity index (χ3n) is 1.01. The molecule has 1 aromatic rings. The average molecular weight is 177 g/mol. The Morgan fingerprint density at radius 3 is 2.80 bits per heavy atom. The minimum atomic E-state index is -2.50. The van der Waals surface area contributed by atoms with Crippen molar-refractivity contribution in [3.63, 3.8) is 0 Å². The van der Waals surface area contributed by atoms with Gasteiger partial charge >= 0.3 is 13.9 Å². The molecular formula is C5H6O3PS+. The number of hydrogen-bond acceptors (Lipinski definition) is 3. The molecule has 2 N–H and O–H groups in total. The maximum Gasteiger partial charge on any atom is 0.543 e. The highest BCUT2D eigenvalue weighted by Gasteiger charge is 2.28. The molecule has 0 fully saturated rings. The molecule has 0 aliphatic rings. The molecule has 0 aliphatic carbocycles. The Morgan fingerprint density at radius 2 is 2.40 bits per heavy atom. The molecule has 3 nitrogen and oxygen atoms in total. The number of hydrogen-bond donors (Lipinski definition) is 2. The highest BCUT2D eigenvalue weighted by molar-refractivity contribution is 7.38. The van der Waals surface area contributed by atoms with Crippen molar-refractivity contribution in [2.75, 3.05) is 0 Å². The largest absolute Gasteiger partial charge is 0.543 e. The fourth-order valence-corrected chi connectivity index (χ4v) is 1.90. The van der Waals surface area contributed by atoms with Crippen LogP contribution in [-0.2, 0) is 4.57 Å². The van der Waals surface area contributed by atoms with Crippen LogP contribution in [0.5, 0.6) is 0 Å². The lowest BCUT2D eigenvalue weighted by Crippen LogP contribution is -1.85. The molecule has 0 radical (unpaired) electrons. The first-order valence-electron chi connectivity index (χ1n) is 2.58. The third-order valence-corrected chi connectivity index (χ3v) is 2.80. The van der Waals surface area contributed by atoms with Crippen molar-refractivity contribution in [2.24, 2.45) is 0 Å². The molecule has 1 heterocycles. The Bertz CT molecular complexity index is 221. The van der Waals surface area contributed by atoms with Crippen LogP contribution in [0.2, 0.25) is 0 Å². The minimum absolute atomic E-state index is 0.531. The van der Waals surface area contributed by atoms with Crippen molar-refractivity contribution in [1.82, 2.24) is 0 Å². The molecule has 0 saturated heterocycles. The van der Waals surface area contributed by atoms with Gasteiger partial charge in [-0.25, -0.2) is 0 Å². The van der Waals surface area contributed by atoms with Crippen LogP contribution in [0.3, 0.4) is 0 Å². The molecule has 1 aromatic heterocycles. The van der Waals surface area contributed by atoms with Crippen molar-refractivity contribution >= 4 is 19.4 Å². The molecule has 10 heavy (non-hydrogen) atoms. The second-order valence-electron chi connectivity index (χ2n) is 1.69. The Kier molecular flexibility index (Phi) is 2.51. The van der Waals surface area contributed by atoms with E-state index in [9.17, 15) is 4.57 Å². The molecule has 5 heteroatoms. The maximum absolute atomic E-state index is 10.3. The first-order valence-corrected chi connectivity index (χ1v) is 4.74. The summed E-state index contributed by atoms with van der Waals surface area (Å²) >= 11 is 1.27. The lowest BCUT2D eigenvalue weighted by atomic mass is 10.5. The molecule has 0 spiro atoms. The van der Waals surface area contributed by atoms with E-state index in [1.54, 1.807) is 17.5 Å². The van der Waals surface area contributed by atoms with E-state index in [-0.39, 0.29) is 0 Å². The van der Waals surface area contributed by atoms with Crippen LogP contribution in [0.25, 0.3) is 0 Å². The monoisotopic (exact) mass is 177 g/mol. The van der Waals surface area contributed by atoms with E-state index in [4.69, 9.17) is 10.00 Å². The minimum Gasteiger partial charge on any atom is -0.344 e. The summed E-state index contributed by atoms with van der Waals surface area (Å²) in [6.07, 6.45) is 0. The fourth-order valence-electron chi connectivity index (χ4n) is 0.547. The van der Waals surface area contributed by atoms with E-state index in [2.05, 4.69) is 0 Å². The number of thiophene rings is 1. The molecule has 0 saturated carbocycles. The van der Waals surface area contributed by atoms with Gasteiger partial charge in [-0.2, -0.15) is 4.89 Å². The van der Waals surface area contributed by atoms with Gasteiger partial charge in [0.1, 0.15) is 0 Å². The van der Waals surface area contributed by atoms with Gasteiger partial charge in [0.05, 0.1) is 4.88 Å². The molecule has 2 unspecified atom stereocenters. The van der Waals surface area contributed by atoms with Crippen LogP contribution in [0.1, 0.15) is 10.7 Å². The summed E-state index contributed by atoms with van der Waals surface area (Å²) in [5.74, 6) is -1.21. The highest BCUT2D eigenvalue weighted by atomic mass is 32.1. The molecule has 2 atom stereocenters. The quantitative estimate of drug-likeness (QED) is 0.672. The first kappa shape index (κ1) is 7.82. The lowest BCUT2D eigenvalue weighted by Gasteiger charge is -1.88.